The molecule has 6 nitrogen and oxygen atoms in total. The van der Waals surface area contributed by atoms with E-state index in [1.807, 2.05) is 0 Å². The van der Waals surface area contributed by atoms with Crippen LogP contribution >= 0.6 is 0 Å². The summed E-state index contributed by atoms with van der Waals surface area (Å²) in [4.78, 5) is 10.8. The fourth-order valence-corrected chi connectivity index (χ4v) is 1.82. The number of aromatic nitrogens is 1. The Labute approximate surface area is 113 Å². The zero-order valence-corrected chi connectivity index (χ0v) is 10.8. The van der Waals surface area contributed by atoms with Crippen molar-refractivity contribution in [2.75, 3.05) is 14.2 Å². The molecule has 2 rings (SSSR count). The van der Waals surface area contributed by atoms with Crippen molar-refractivity contribution in [2.45, 2.75) is 6.61 Å². The largest absolute Gasteiger partial charge is 0.496 e. The zero-order valence-electron chi connectivity index (χ0n) is 10.8. The van der Waals surface area contributed by atoms with E-state index < -0.39 is 11.8 Å². The van der Waals surface area contributed by atoms with Crippen molar-refractivity contribution in [3.05, 3.63) is 35.3 Å². The van der Waals surface area contributed by atoms with Gasteiger partial charge in [0, 0.05) is 18.7 Å². The zero-order chi connectivity index (χ0) is 14.7. The second kappa shape index (κ2) is 5.70. The number of ether oxygens (including phenoxy) is 2. The topological polar surface area (TPSA) is 81.8 Å². The average molecular weight is 281 g/mol. The van der Waals surface area contributed by atoms with Crippen LogP contribution in [0.1, 0.15) is 16.1 Å². The number of carboxylic acids is 1. The lowest BCUT2D eigenvalue weighted by molar-refractivity contribution is 0.0652. The molecule has 0 aliphatic rings. The predicted octanol–water partition coefficient (Wildman–Crippen LogP) is 2.33. The van der Waals surface area contributed by atoms with E-state index in [4.69, 9.17) is 14.6 Å². The number of halogens is 1. The van der Waals surface area contributed by atoms with Gasteiger partial charge in [0.05, 0.1) is 19.3 Å². The maximum absolute atomic E-state index is 13.8. The molecule has 0 aliphatic heterocycles. The number of aromatic carboxylic acids is 1. The highest BCUT2D eigenvalue weighted by Gasteiger charge is 2.19. The van der Waals surface area contributed by atoms with E-state index in [9.17, 15) is 9.18 Å². The summed E-state index contributed by atoms with van der Waals surface area (Å²) in [5.74, 6) is -1.78. The number of hydrogen-bond donors (Lipinski definition) is 1. The Kier molecular flexibility index (Phi) is 3.99. The third-order valence-corrected chi connectivity index (χ3v) is 2.69. The summed E-state index contributed by atoms with van der Waals surface area (Å²) in [6, 6.07) is 3.92. The first-order valence-electron chi connectivity index (χ1n) is 5.63. The van der Waals surface area contributed by atoms with Crippen molar-refractivity contribution in [3.8, 4) is 17.0 Å². The van der Waals surface area contributed by atoms with Crippen molar-refractivity contribution in [1.29, 1.82) is 0 Å². The normalized spacial score (nSPS) is 10.6. The quantitative estimate of drug-likeness (QED) is 0.905. The molecule has 1 heterocycles. The first-order valence-corrected chi connectivity index (χ1v) is 5.63. The van der Waals surface area contributed by atoms with Crippen LogP contribution in [-0.4, -0.2) is 30.5 Å². The molecular weight excluding hydrogens is 269 g/mol. The van der Waals surface area contributed by atoms with E-state index >= 15 is 0 Å². The molecule has 0 saturated heterocycles. The number of nitrogens with zero attached hydrogens (tertiary/aromatic N) is 1. The van der Waals surface area contributed by atoms with Gasteiger partial charge in [-0.2, -0.15) is 0 Å². The highest BCUT2D eigenvalue weighted by molar-refractivity contribution is 5.86. The summed E-state index contributed by atoms with van der Waals surface area (Å²) in [5, 5.41) is 12.5. The summed E-state index contributed by atoms with van der Waals surface area (Å²) in [5.41, 5.74) is 0.904. The molecule has 0 radical (unpaired) electrons. The molecular formula is C13H12FNO5. The maximum atomic E-state index is 13.8. The second-order valence-corrected chi connectivity index (χ2v) is 3.92. The van der Waals surface area contributed by atoms with Gasteiger partial charge in [-0.3, -0.25) is 0 Å². The van der Waals surface area contributed by atoms with Crippen LogP contribution in [0.15, 0.2) is 22.7 Å². The van der Waals surface area contributed by atoms with E-state index in [-0.39, 0.29) is 29.4 Å². The van der Waals surface area contributed by atoms with Gasteiger partial charge in [0.1, 0.15) is 17.3 Å². The van der Waals surface area contributed by atoms with Crippen LogP contribution in [0.3, 0.4) is 0 Å². The standard InChI is InChI=1S/C13H12FNO5/c1-18-6-8-9(14)4-3-7(12(8)19-2)10-5-11(13(16)17)20-15-10/h3-5H,6H2,1-2H3,(H,16,17). The molecule has 0 atom stereocenters. The maximum Gasteiger partial charge on any atom is 0.374 e. The third-order valence-electron chi connectivity index (χ3n) is 2.69. The second-order valence-electron chi connectivity index (χ2n) is 3.92. The lowest BCUT2D eigenvalue weighted by Gasteiger charge is -2.12. The molecule has 20 heavy (non-hydrogen) atoms. The summed E-state index contributed by atoms with van der Waals surface area (Å²) in [7, 11) is 2.82. The Hall–Kier alpha value is -2.41. The lowest BCUT2D eigenvalue weighted by Crippen LogP contribution is -2.00. The molecule has 106 valence electrons. The predicted molar refractivity (Wildman–Crippen MR) is 66.1 cm³/mol. The third kappa shape index (κ3) is 2.48. The fourth-order valence-electron chi connectivity index (χ4n) is 1.82. The Morgan fingerprint density at radius 2 is 2.20 bits per heavy atom. The van der Waals surface area contributed by atoms with Crippen molar-refractivity contribution in [3.63, 3.8) is 0 Å². The monoisotopic (exact) mass is 281 g/mol. The van der Waals surface area contributed by atoms with Crippen molar-refractivity contribution >= 4 is 5.97 Å². The molecule has 2 aromatic rings. The Bertz CT molecular complexity index is 638. The smallest absolute Gasteiger partial charge is 0.374 e. The van der Waals surface area contributed by atoms with E-state index in [0.717, 1.165) is 0 Å². The van der Waals surface area contributed by atoms with E-state index in [0.29, 0.717) is 5.56 Å². The van der Waals surface area contributed by atoms with E-state index in [1.165, 1.54) is 32.4 Å². The Morgan fingerprint density at radius 3 is 2.75 bits per heavy atom. The molecule has 0 fully saturated rings. The minimum absolute atomic E-state index is 0.0203. The summed E-state index contributed by atoms with van der Waals surface area (Å²) in [6.07, 6.45) is 0. The lowest BCUT2D eigenvalue weighted by atomic mass is 10.1. The Balaban J connectivity index is 2.55. The number of carboxylic acid groups (broad SMARTS) is 1. The number of hydrogen-bond acceptors (Lipinski definition) is 5. The summed E-state index contributed by atoms with van der Waals surface area (Å²) < 4.78 is 28.5. The van der Waals surface area contributed by atoms with Crippen LogP contribution in [0.2, 0.25) is 0 Å². The first-order chi connectivity index (χ1) is 9.58. The fraction of sp³-hybridized carbons (Fsp3) is 0.231. The van der Waals surface area contributed by atoms with Gasteiger partial charge in [-0.15, -0.1) is 0 Å². The van der Waals surface area contributed by atoms with Crippen LogP contribution in [-0.2, 0) is 11.3 Å². The first kappa shape index (κ1) is 14.0. The number of methoxy groups -OCH3 is 2. The number of benzene rings is 1. The van der Waals surface area contributed by atoms with Crippen LogP contribution in [0.4, 0.5) is 4.39 Å². The van der Waals surface area contributed by atoms with Gasteiger partial charge >= 0.3 is 5.97 Å². The van der Waals surface area contributed by atoms with Crippen molar-refractivity contribution in [2.24, 2.45) is 0 Å². The molecule has 1 aromatic heterocycles. The van der Waals surface area contributed by atoms with Gasteiger partial charge in [0.15, 0.2) is 0 Å². The molecule has 0 spiro atoms. The van der Waals surface area contributed by atoms with Crippen LogP contribution in [0, 0.1) is 5.82 Å². The van der Waals surface area contributed by atoms with Crippen molar-refractivity contribution in [1.82, 2.24) is 5.16 Å². The summed E-state index contributed by atoms with van der Waals surface area (Å²) >= 11 is 0. The molecule has 0 unspecified atom stereocenters. The number of rotatable bonds is 5. The van der Waals surface area contributed by atoms with Gasteiger partial charge in [-0.1, -0.05) is 5.16 Å². The van der Waals surface area contributed by atoms with E-state index in [2.05, 4.69) is 9.68 Å². The highest BCUT2D eigenvalue weighted by Crippen LogP contribution is 2.34. The van der Waals surface area contributed by atoms with E-state index in [1.54, 1.807) is 0 Å². The molecule has 0 aliphatic carbocycles. The number of carbonyl (C=O) groups is 1. The molecule has 1 aromatic carbocycles. The summed E-state index contributed by atoms with van der Waals surface area (Å²) in [6.45, 7) is 0.0203. The van der Waals surface area contributed by atoms with Gasteiger partial charge in [-0.05, 0) is 12.1 Å². The Morgan fingerprint density at radius 1 is 1.45 bits per heavy atom. The minimum Gasteiger partial charge on any atom is -0.496 e. The average Bonchev–Trinajstić information content (AvgIpc) is 2.90. The van der Waals surface area contributed by atoms with Gasteiger partial charge in [0.2, 0.25) is 5.76 Å². The minimum atomic E-state index is -1.23. The van der Waals surface area contributed by atoms with Gasteiger partial charge in [0.25, 0.3) is 0 Å². The van der Waals surface area contributed by atoms with Crippen molar-refractivity contribution < 1.29 is 28.3 Å². The molecule has 0 amide bonds. The molecule has 1 N–H and O–H groups in total. The van der Waals surface area contributed by atoms with Crippen LogP contribution in [0.25, 0.3) is 11.3 Å². The highest BCUT2D eigenvalue weighted by atomic mass is 19.1. The van der Waals surface area contributed by atoms with Crippen LogP contribution in [0.5, 0.6) is 5.75 Å². The molecule has 0 bridgehead atoms. The SMILES string of the molecule is COCc1c(F)ccc(-c2cc(C(=O)O)on2)c1OC. The molecule has 7 heteroatoms. The van der Waals surface area contributed by atoms with Gasteiger partial charge in [-0.25, -0.2) is 9.18 Å². The molecule has 0 saturated carbocycles. The van der Waals surface area contributed by atoms with Gasteiger partial charge < -0.3 is 19.1 Å². The van der Waals surface area contributed by atoms with Crippen LogP contribution < -0.4 is 4.74 Å².